The van der Waals surface area contributed by atoms with Crippen LogP contribution in [0.1, 0.15) is 20.3 Å². The Bertz CT molecular complexity index is 692. The molecule has 118 valence electrons. The summed E-state index contributed by atoms with van der Waals surface area (Å²) in [6.45, 7) is 3.66. The molecule has 0 N–H and O–H groups in total. The van der Waals surface area contributed by atoms with Gasteiger partial charge in [-0.3, -0.25) is 0 Å². The molecule has 2 unspecified atom stereocenters. The molecular weight excluding hydrogens is 332 g/mol. The van der Waals surface area contributed by atoms with Crippen molar-refractivity contribution in [2.24, 2.45) is 0 Å². The molecule has 5 heteroatoms. The van der Waals surface area contributed by atoms with Crippen LogP contribution in [-0.4, -0.2) is 18.9 Å². The predicted octanol–water partition coefficient (Wildman–Crippen LogP) is 4.71. The van der Waals surface area contributed by atoms with E-state index >= 15 is 0 Å². The first-order valence-corrected chi connectivity index (χ1v) is 10.0. The minimum Gasteiger partial charge on any atom is -0.223 e. The maximum atomic E-state index is 12.5. The third-order valence-corrected chi connectivity index (χ3v) is 6.74. The maximum Gasteiger partial charge on any atom is 0.180 e. The van der Waals surface area contributed by atoms with Gasteiger partial charge in [0, 0.05) is 15.0 Å². The van der Waals surface area contributed by atoms with Crippen molar-refractivity contribution in [3.63, 3.8) is 0 Å². The van der Waals surface area contributed by atoms with Gasteiger partial charge in [-0.15, -0.1) is 0 Å². The largest absolute Gasteiger partial charge is 0.223 e. The second kappa shape index (κ2) is 7.57. The number of benzene rings is 2. The summed E-state index contributed by atoms with van der Waals surface area (Å²) in [6.07, 6.45) is 0.548. The third kappa shape index (κ3) is 4.54. The smallest absolute Gasteiger partial charge is 0.180 e. The highest BCUT2D eigenvalue weighted by molar-refractivity contribution is 7.99. The Labute approximate surface area is 142 Å². The highest BCUT2D eigenvalue weighted by atomic mass is 32.2. The van der Waals surface area contributed by atoms with Crippen LogP contribution < -0.4 is 0 Å². The Morgan fingerprint density at radius 1 is 0.955 bits per heavy atom. The fourth-order valence-corrected chi connectivity index (χ4v) is 4.98. The van der Waals surface area contributed by atoms with Crippen LogP contribution in [0.3, 0.4) is 0 Å². The van der Waals surface area contributed by atoms with E-state index in [0.717, 1.165) is 9.79 Å². The molecular formula is C17H20O2S3. The molecule has 0 amide bonds. The summed E-state index contributed by atoms with van der Waals surface area (Å²) in [7, 11) is -3.28. The maximum absolute atomic E-state index is 12.5. The van der Waals surface area contributed by atoms with Crippen LogP contribution in [0.5, 0.6) is 0 Å². The lowest BCUT2D eigenvalue weighted by Crippen LogP contribution is -2.20. The van der Waals surface area contributed by atoms with Crippen LogP contribution in [0.2, 0.25) is 0 Å². The van der Waals surface area contributed by atoms with Crippen molar-refractivity contribution >= 4 is 34.2 Å². The minimum absolute atomic E-state index is 0.0673. The van der Waals surface area contributed by atoms with E-state index in [1.54, 1.807) is 30.8 Å². The van der Waals surface area contributed by atoms with E-state index in [4.69, 9.17) is 0 Å². The molecule has 0 saturated heterocycles. The number of hydrogen-bond acceptors (Lipinski definition) is 4. The molecule has 0 aliphatic carbocycles. The molecule has 0 aromatic heterocycles. The molecule has 0 fully saturated rings. The second-order valence-corrected chi connectivity index (χ2v) is 9.72. The molecule has 22 heavy (non-hydrogen) atoms. The average Bonchev–Trinajstić information content (AvgIpc) is 2.48. The van der Waals surface area contributed by atoms with Crippen molar-refractivity contribution in [1.29, 1.82) is 0 Å². The lowest BCUT2D eigenvalue weighted by Gasteiger charge is -2.15. The molecule has 0 radical (unpaired) electrons. The summed E-state index contributed by atoms with van der Waals surface area (Å²) in [5.74, 6) is 0. The van der Waals surface area contributed by atoms with Gasteiger partial charge in [-0.2, -0.15) is 12.6 Å². The quantitative estimate of drug-likeness (QED) is 0.765. The van der Waals surface area contributed by atoms with Crippen LogP contribution in [0.4, 0.5) is 0 Å². The van der Waals surface area contributed by atoms with E-state index in [-0.39, 0.29) is 5.25 Å². The van der Waals surface area contributed by atoms with Crippen molar-refractivity contribution < 1.29 is 8.42 Å². The van der Waals surface area contributed by atoms with Crippen molar-refractivity contribution in [2.45, 2.75) is 45.5 Å². The normalized spacial score (nSPS) is 14.5. The highest BCUT2D eigenvalue weighted by Crippen LogP contribution is 2.29. The van der Waals surface area contributed by atoms with Gasteiger partial charge < -0.3 is 0 Å². The average molecular weight is 353 g/mol. The number of hydrogen-bond donors (Lipinski definition) is 1. The first kappa shape index (κ1) is 17.4. The highest BCUT2D eigenvalue weighted by Gasteiger charge is 2.24. The molecule has 2 rings (SSSR count). The van der Waals surface area contributed by atoms with Crippen molar-refractivity contribution in [3.8, 4) is 0 Å². The topological polar surface area (TPSA) is 34.1 Å². The molecule has 2 atom stereocenters. The Morgan fingerprint density at radius 2 is 1.50 bits per heavy atom. The van der Waals surface area contributed by atoms with E-state index in [2.05, 4.69) is 12.6 Å². The zero-order chi connectivity index (χ0) is 16.2. The van der Waals surface area contributed by atoms with E-state index in [1.807, 2.05) is 49.4 Å². The molecule has 0 saturated carbocycles. The summed E-state index contributed by atoms with van der Waals surface area (Å²) < 4.78 is 25.0. The van der Waals surface area contributed by atoms with Gasteiger partial charge in [0.1, 0.15) is 0 Å². The van der Waals surface area contributed by atoms with Gasteiger partial charge >= 0.3 is 0 Å². The molecule has 0 aliphatic rings. The summed E-state index contributed by atoms with van der Waals surface area (Å²) in [5.41, 5.74) is 0. The Hall–Kier alpha value is -0.910. The minimum atomic E-state index is -3.28. The molecule has 2 nitrogen and oxygen atoms in total. The zero-order valence-electron chi connectivity index (χ0n) is 12.6. The predicted molar refractivity (Wildman–Crippen MR) is 96.7 cm³/mol. The van der Waals surface area contributed by atoms with Crippen molar-refractivity contribution in [1.82, 2.24) is 0 Å². The lowest BCUT2D eigenvalue weighted by atomic mass is 10.3. The Balaban J connectivity index is 2.14. The van der Waals surface area contributed by atoms with Crippen LogP contribution in [0.15, 0.2) is 69.3 Å². The standard InChI is InChI=1S/C17H20O2S3/c1-13(20)12-14(2)22(18,19)17-10-8-16(9-11-17)21-15-6-4-3-5-7-15/h3-11,13-14,20H,12H2,1-2H3. The Kier molecular flexibility index (Phi) is 6.01. The van der Waals surface area contributed by atoms with Gasteiger partial charge in [0.15, 0.2) is 9.84 Å². The molecule has 2 aromatic rings. The van der Waals surface area contributed by atoms with E-state index < -0.39 is 15.1 Å². The number of thiol groups is 1. The van der Waals surface area contributed by atoms with Crippen LogP contribution in [-0.2, 0) is 9.84 Å². The lowest BCUT2D eigenvalue weighted by molar-refractivity contribution is 0.577. The molecule has 0 bridgehead atoms. The fourth-order valence-electron chi connectivity index (χ4n) is 2.16. The van der Waals surface area contributed by atoms with Gasteiger partial charge in [-0.05, 0) is 49.7 Å². The van der Waals surface area contributed by atoms with Crippen LogP contribution in [0, 0.1) is 0 Å². The van der Waals surface area contributed by atoms with Crippen molar-refractivity contribution in [2.75, 3.05) is 0 Å². The van der Waals surface area contributed by atoms with E-state index in [1.165, 1.54) is 0 Å². The summed E-state index contributed by atoms with van der Waals surface area (Å²) in [5, 5.41) is -0.356. The van der Waals surface area contributed by atoms with Crippen LogP contribution >= 0.6 is 24.4 Å². The molecule has 2 aromatic carbocycles. The van der Waals surface area contributed by atoms with Gasteiger partial charge in [0.2, 0.25) is 0 Å². The second-order valence-electron chi connectivity index (χ2n) is 5.33. The fraction of sp³-hybridized carbons (Fsp3) is 0.294. The first-order valence-electron chi connectivity index (χ1n) is 7.14. The van der Waals surface area contributed by atoms with E-state index in [9.17, 15) is 8.42 Å². The number of sulfone groups is 1. The van der Waals surface area contributed by atoms with Gasteiger partial charge in [0.05, 0.1) is 10.1 Å². The van der Waals surface area contributed by atoms with E-state index in [0.29, 0.717) is 11.3 Å². The molecule has 0 heterocycles. The molecule has 0 aliphatic heterocycles. The van der Waals surface area contributed by atoms with Crippen LogP contribution in [0.25, 0.3) is 0 Å². The SMILES string of the molecule is CC(S)CC(C)S(=O)(=O)c1ccc(Sc2ccccc2)cc1. The summed E-state index contributed by atoms with van der Waals surface area (Å²) in [6, 6.07) is 17.1. The summed E-state index contributed by atoms with van der Waals surface area (Å²) >= 11 is 5.90. The van der Waals surface area contributed by atoms with Crippen molar-refractivity contribution in [3.05, 3.63) is 54.6 Å². The first-order chi connectivity index (χ1) is 10.4. The van der Waals surface area contributed by atoms with Gasteiger partial charge in [0.25, 0.3) is 0 Å². The molecule has 0 spiro atoms. The number of rotatable bonds is 6. The zero-order valence-corrected chi connectivity index (χ0v) is 15.2. The third-order valence-electron chi connectivity index (χ3n) is 3.33. The van der Waals surface area contributed by atoms with Gasteiger partial charge in [-0.1, -0.05) is 36.9 Å². The monoisotopic (exact) mass is 352 g/mol. The summed E-state index contributed by atoms with van der Waals surface area (Å²) in [4.78, 5) is 2.54. The van der Waals surface area contributed by atoms with Gasteiger partial charge in [-0.25, -0.2) is 8.42 Å². The Morgan fingerprint density at radius 3 is 2.05 bits per heavy atom.